The van der Waals surface area contributed by atoms with Crippen LogP contribution in [-0.2, 0) is 6.42 Å². The van der Waals surface area contributed by atoms with Crippen LogP contribution < -0.4 is 4.74 Å². The highest BCUT2D eigenvalue weighted by molar-refractivity contribution is 5.24. The Hall–Kier alpha value is -1.84. The summed E-state index contributed by atoms with van der Waals surface area (Å²) in [4.78, 5) is 3.08. The highest BCUT2D eigenvalue weighted by atomic mass is 19.4. The molecule has 1 aromatic rings. The number of ether oxygens (including phenoxy) is 1. The molecule has 80 valence electrons. The Morgan fingerprint density at radius 2 is 2.13 bits per heavy atom. The van der Waals surface area contributed by atoms with E-state index in [2.05, 4.69) is 9.72 Å². The van der Waals surface area contributed by atoms with Gasteiger partial charge in [-0.1, -0.05) is 0 Å². The molecule has 1 heterocycles. The highest BCUT2D eigenvalue weighted by Crippen LogP contribution is 2.22. The molecule has 1 aromatic heterocycles. The topological polar surface area (TPSA) is 45.9 Å². The summed E-state index contributed by atoms with van der Waals surface area (Å²) in [5, 5.41) is 8.27. The largest absolute Gasteiger partial charge is 0.574 e. The summed E-state index contributed by atoms with van der Waals surface area (Å²) in [5.41, 5.74) is -0.188. The summed E-state index contributed by atoms with van der Waals surface area (Å²) in [6, 6.07) is 2.35. The monoisotopic (exact) mass is 220 g/mol. The van der Waals surface area contributed by atoms with E-state index in [1.165, 1.54) is 0 Å². The van der Waals surface area contributed by atoms with E-state index >= 15 is 0 Å². The van der Waals surface area contributed by atoms with Gasteiger partial charge in [0.25, 0.3) is 0 Å². The number of halogens is 4. The van der Waals surface area contributed by atoms with Crippen LogP contribution in [0.3, 0.4) is 0 Å². The molecule has 0 spiro atoms. The van der Waals surface area contributed by atoms with Crippen molar-refractivity contribution in [3.63, 3.8) is 0 Å². The molecule has 0 atom stereocenters. The third-order valence-corrected chi connectivity index (χ3v) is 1.40. The van der Waals surface area contributed by atoms with Crippen LogP contribution in [0.25, 0.3) is 0 Å². The maximum absolute atomic E-state index is 12.8. The van der Waals surface area contributed by atoms with Crippen LogP contribution >= 0.6 is 0 Å². The maximum Gasteiger partial charge on any atom is 0.574 e. The third kappa shape index (κ3) is 3.42. The number of hydrogen-bond acceptors (Lipinski definition) is 3. The van der Waals surface area contributed by atoms with Crippen molar-refractivity contribution in [3.8, 4) is 11.9 Å². The van der Waals surface area contributed by atoms with E-state index in [1.807, 2.05) is 0 Å². The summed E-state index contributed by atoms with van der Waals surface area (Å²) in [7, 11) is 0. The second-order valence-electron chi connectivity index (χ2n) is 2.50. The lowest BCUT2D eigenvalue weighted by atomic mass is 10.2. The Bertz CT molecular complexity index is 397. The van der Waals surface area contributed by atoms with Crippen molar-refractivity contribution >= 4 is 0 Å². The van der Waals surface area contributed by atoms with Crippen molar-refractivity contribution < 1.29 is 22.3 Å². The van der Waals surface area contributed by atoms with Crippen LogP contribution in [0, 0.1) is 17.1 Å². The van der Waals surface area contributed by atoms with E-state index < -0.39 is 18.1 Å². The molecule has 15 heavy (non-hydrogen) atoms. The standard InChI is InChI=1S/C8H4F4N2O/c9-6-4-14-7(15-8(10,11)12)3-5(6)1-2-13/h3-4H,1H2. The SMILES string of the molecule is N#CCc1cc(OC(F)(F)F)ncc1F. The van der Waals surface area contributed by atoms with E-state index in [9.17, 15) is 17.6 Å². The second-order valence-corrected chi connectivity index (χ2v) is 2.50. The second kappa shape index (κ2) is 4.13. The first-order chi connectivity index (χ1) is 6.92. The van der Waals surface area contributed by atoms with E-state index in [0.717, 1.165) is 6.07 Å². The molecule has 3 nitrogen and oxygen atoms in total. The fourth-order valence-corrected chi connectivity index (χ4v) is 0.853. The summed E-state index contributed by atoms with van der Waals surface area (Å²) in [5.74, 6) is -1.62. The van der Waals surface area contributed by atoms with Gasteiger partial charge in [0.2, 0.25) is 5.88 Å². The quantitative estimate of drug-likeness (QED) is 0.717. The molecule has 0 N–H and O–H groups in total. The van der Waals surface area contributed by atoms with Crippen molar-refractivity contribution in [2.24, 2.45) is 0 Å². The Morgan fingerprint density at radius 1 is 1.47 bits per heavy atom. The third-order valence-electron chi connectivity index (χ3n) is 1.40. The van der Waals surface area contributed by atoms with Crippen molar-refractivity contribution in [1.82, 2.24) is 4.98 Å². The minimum Gasteiger partial charge on any atom is -0.388 e. The highest BCUT2D eigenvalue weighted by Gasteiger charge is 2.32. The number of hydrogen-bond donors (Lipinski definition) is 0. The van der Waals surface area contributed by atoms with Crippen LogP contribution in [0.15, 0.2) is 12.3 Å². The summed E-state index contributed by atoms with van der Waals surface area (Å²) in [6.07, 6.45) is -4.65. The molecule has 0 fully saturated rings. The lowest BCUT2D eigenvalue weighted by Crippen LogP contribution is -2.18. The fourth-order valence-electron chi connectivity index (χ4n) is 0.853. The molecule has 0 aliphatic heterocycles. The minimum atomic E-state index is -4.88. The molecule has 0 bridgehead atoms. The molecule has 0 saturated carbocycles. The van der Waals surface area contributed by atoms with Crippen LogP contribution in [0.5, 0.6) is 5.88 Å². The predicted octanol–water partition coefficient (Wildman–Crippen LogP) is 2.19. The van der Waals surface area contributed by atoms with Gasteiger partial charge in [-0.05, 0) is 0 Å². The number of pyridine rings is 1. The van der Waals surface area contributed by atoms with Gasteiger partial charge < -0.3 is 4.74 Å². The van der Waals surface area contributed by atoms with Gasteiger partial charge in [-0.25, -0.2) is 9.37 Å². The molecule has 0 aromatic carbocycles. The first kappa shape index (κ1) is 11.2. The number of nitriles is 1. The number of aromatic nitrogens is 1. The zero-order valence-corrected chi connectivity index (χ0v) is 7.18. The van der Waals surface area contributed by atoms with Crippen molar-refractivity contribution in [3.05, 3.63) is 23.6 Å². The molecule has 7 heteroatoms. The van der Waals surface area contributed by atoms with Gasteiger partial charge in [-0.2, -0.15) is 5.26 Å². The molecule has 0 saturated heterocycles. The lowest BCUT2D eigenvalue weighted by Gasteiger charge is -2.08. The van der Waals surface area contributed by atoms with Gasteiger partial charge in [-0.15, -0.1) is 13.2 Å². The van der Waals surface area contributed by atoms with Crippen molar-refractivity contribution in [2.45, 2.75) is 12.8 Å². The fraction of sp³-hybridized carbons (Fsp3) is 0.250. The average Bonchev–Trinajstić information content (AvgIpc) is 2.09. The Morgan fingerprint density at radius 3 is 2.67 bits per heavy atom. The minimum absolute atomic E-state index is 0.188. The Labute approximate surface area is 81.9 Å². The molecule has 0 radical (unpaired) electrons. The molecule has 1 rings (SSSR count). The van der Waals surface area contributed by atoms with Crippen LogP contribution in [0.4, 0.5) is 17.6 Å². The Balaban J connectivity index is 2.93. The molecule has 0 amide bonds. The van der Waals surface area contributed by atoms with Crippen molar-refractivity contribution in [2.75, 3.05) is 0 Å². The van der Waals surface area contributed by atoms with Gasteiger partial charge in [0.1, 0.15) is 5.82 Å². The lowest BCUT2D eigenvalue weighted by molar-refractivity contribution is -0.276. The molecule has 0 aliphatic rings. The Kier molecular flexibility index (Phi) is 3.09. The summed E-state index contributed by atoms with van der Waals surface area (Å²) >= 11 is 0. The normalized spacial score (nSPS) is 10.9. The zero-order chi connectivity index (χ0) is 11.5. The number of alkyl halides is 3. The van der Waals surface area contributed by atoms with Gasteiger partial charge in [0.05, 0.1) is 18.7 Å². The van der Waals surface area contributed by atoms with Crippen LogP contribution in [0.2, 0.25) is 0 Å². The summed E-state index contributed by atoms with van der Waals surface area (Å²) < 4.78 is 51.5. The average molecular weight is 220 g/mol. The maximum atomic E-state index is 12.8. The molecule has 0 unspecified atom stereocenters. The molecular weight excluding hydrogens is 216 g/mol. The summed E-state index contributed by atoms with van der Waals surface area (Å²) in [6.45, 7) is 0. The van der Waals surface area contributed by atoms with Gasteiger partial charge in [-0.3, -0.25) is 0 Å². The smallest absolute Gasteiger partial charge is 0.388 e. The van der Waals surface area contributed by atoms with Crippen LogP contribution in [0.1, 0.15) is 5.56 Å². The van der Waals surface area contributed by atoms with E-state index in [-0.39, 0.29) is 12.0 Å². The van der Waals surface area contributed by atoms with E-state index in [0.29, 0.717) is 6.20 Å². The molecule has 0 aliphatic carbocycles. The van der Waals surface area contributed by atoms with Crippen molar-refractivity contribution in [1.29, 1.82) is 5.26 Å². The first-order valence-corrected chi connectivity index (χ1v) is 3.69. The van der Waals surface area contributed by atoms with E-state index in [4.69, 9.17) is 5.26 Å². The van der Waals surface area contributed by atoms with Gasteiger partial charge >= 0.3 is 6.36 Å². The predicted molar refractivity (Wildman–Crippen MR) is 40.2 cm³/mol. The molecular formula is C8H4F4N2O. The number of nitrogens with zero attached hydrogens (tertiary/aromatic N) is 2. The number of rotatable bonds is 2. The first-order valence-electron chi connectivity index (χ1n) is 3.69. The van der Waals surface area contributed by atoms with Gasteiger partial charge in [0, 0.05) is 11.6 Å². The van der Waals surface area contributed by atoms with Crippen LogP contribution in [-0.4, -0.2) is 11.3 Å². The van der Waals surface area contributed by atoms with E-state index in [1.54, 1.807) is 6.07 Å². The zero-order valence-electron chi connectivity index (χ0n) is 7.18. The van der Waals surface area contributed by atoms with Gasteiger partial charge in [0.15, 0.2) is 0 Å².